The van der Waals surface area contributed by atoms with Crippen molar-refractivity contribution in [1.82, 2.24) is 4.72 Å². The summed E-state index contributed by atoms with van der Waals surface area (Å²) in [5.41, 5.74) is 5.68. The number of esters is 1. The van der Waals surface area contributed by atoms with E-state index in [4.69, 9.17) is 10.8 Å². The van der Waals surface area contributed by atoms with Gasteiger partial charge >= 0.3 is 5.97 Å². The molecule has 1 atom stereocenters. The zero-order valence-electron chi connectivity index (χ0n) is 11.3. The quantitative estimate of drug-likeness (QED) is 0.507. The number of benzene rings is 1. The summed E-state index contributed by atoms with van der Waals surface area (Å²) in [6, 6.07) is 3.41. The summed E-state index contributed by atoms with van der Waals surface area (Å²) in [6.45, 7) is 1.47. The minimum Gasteiger partial charge on any atom is -0.465 e. The molecule has 0 aliphatic carbocycles. The SMILES string of the molecule is COC(=O)c1cc(N)ccc1S(=O)(=O)NC(C)CCO. The highest BCUT2D eigenvalue weighted by Gasteiger charge is 2.24. The number of aliphatic hydroxyl groups excluding tert-OH is 1. The van der Waals surface area contributed by atoms with Crippen molar-refractivity contribution in [3.63, 3.8) is 0 Å². The van der Waals surface area contributed by atoms with Gasteiger partial charge in [0.15, 0.2) is 0 Å². The lowest BCUT2D eigenvalue weighted by molar-refractivity contribution is 0.0596. The molecule has 0 radical (unpaired) electrons. The van der Waals surface area contributed by atoms with Crippen molar-refractivity contribution in [1.29, 1.82) is 0 Å². The van der Waals surface area contributed by atoms with Crippen molar-refractivity contribution in [2.45, 2.75) is 24.3 Å². The third-order valence-electron chi connectivity index (χ3n) is 2.62. The molecular weight excluding hydrogens is 284 g/mol. The molecule has 4 N–H and O–H groups in total. The Morgan fingerprint density at radius 2 is 2.15 bits per heavy atom. The Kier molecular flexibility index (Phi) is 5.49. The Morgan fingerprint density at radius 3 is 2.70 bits per heavy atom. The largest absolute Gasteiger partial charge is 0.465 e. The molecule has 0 heterocycles. The highest BCUT2D eigenvalue weighted by Crippen LogP contribution is 2.20. The lowest BCUT2D eigenvalue weighted by Gasteiger charge is -2.15. The number of carbonyl (C=O) groups is 1. The zero-order chi connectivity index (χ0) is 15.3. The molecule has 0 fully saturated rings. The number of hydrogen-bond acceptors (Lipinski definition) is 6. The van der Waals surface area contributed by atoms with Gasteiger partial charge < -0.3 is 15.6 Å². The number of nitrogens with two attached hydrogens (primary N) is 1. The molecule has 0 aromatic heterocycles. The van der Waals surface area contributed by atoms with Crippen molar-refractivity contribution in [2.75, 3.05) is 19.5 Å². The number of ether oxygens (including phenoxy) is 1. The Labute approximate surface area is 117 Å². The smallest absolute Gasteiger partial charge is 0.339 e. The van der Waals surface area contributed by atoms with E-state index >= 15 is 0 Å². The molecule has 0 bridgehead atoms. The standard InChI is InChI=1S/C12H18N2O5S/c1-8(5-6-15)14-20(17,18)11-4-3-9(13)7-10(11)12(16)19-2/h3-4,7-8,14-15H,5-6,13H2,1-2H3. The fourth-order valence-electron chi connectivity index (χ4n) is 1.63. The second-order valence-electron chi connectivity index (χ2n) is 4.28. The predicted octanol–water partition coefficient (Wildman–Crippen LogP) is 0.105. The van der Waals surface area contributed by atoms with Crippen LogP contribution in [0.15, 0.2) is 23.1 Å². The molecule has 0 spiro atoms. The number of anilines is 1. The molecule has 1 unspecified atom stereocenters. The molecule has 1 aromatic carbocycles. The third kappa shape index (κ3) is 3.92. The molecule has 8 heteroatoms. The van der Waals surface area contributed by atoms with Gasteiger partial charge in [0.2, 0.25) is 10.0 Å². The average Bonchev–Trinajstić information content (AvgIpc) is 2.36. The molecule has 7 nitrogen and oxygen atoms in total. The molecule has 0 aliphatic heterocycles. The van der Waals surface area contributed by atoms with E-state index in [0.717, 1.165) is 7.11 Å². The van der Waals surface area contributed by atoms with Crippen molar-refractivity contribution in [2.24, 2.45) is 0 Å². The Bertz CT molecular complexity index is 586. The topological polar surface area (TPSA) is 119 Å². The van der Waals surface area contributed by atoms with E-state index in [1.54, 1.807) is 6.92 Å². The summed E-state index contributed by atoms with van der Waals surface area (Å²) in [5, 5.41) is 8.80. The van der Waals surface area contributed by atoms with Crippen molar-refractivity contribution in [3.05, 3.63) is 23.8 Å². The maximum atomic E-state index is 12.2. The summed E-state index contributed by atoms with van der Waals surface area (Å²) in [6.07, 6.45) is 0.266. The molecule has 1 aromatic rings. The van der Waals surface area contributed by atoms with Gasteiger partial charge in [-0.2, -0.15) is 0 Å². The van der Waals surface area contributed by atoms with Crippen LogP contribution in [0.25, 0.3) is 0 Å². The summed E-state index contributed by atoms with van der Waals surface area (Å²) >= 11 is 0. The third-order valence-corrected chi connectivity index (χ3v) is 4.26. The first-order chi connectivity index (χ1) is 9.31. The number of aliphatic hydroxyl groups is 1. The van der Waals surface area contributed by atoms with E-state index in [1.165, 1.54) is 18.2 Å². The van der Waals surface area contributed by atoms with Crippen LogP contribution in [0, 0.1) is 0 Å². The van der Waals surface area contributed by atoms with Crippen LogP contribution in [0.2, 0.25) is 0 Å². The van der Waals surface area contributed by atoms with Crippen LogP contribution in [0.3, 0.4) is 0 Å². The molecule has 0 saturated carbocycles. The first-order valence-electron chi connectivity index (χ1n) is 5.93. The number of methoxy groups -OCH3 is 1. The Balaban J connectivity index is 3.21. The summed E-state index contributed by atoms with van der Waals surface area (Å²) < 4.78 is 31.4. The monoisotopic (exact) mass is 302 g/mol. The normalized spacial score (nSPS) is 12.9. The predicted molar refractivity (Wildman–Crippen MR) is 73.7 cm³/mol. The van der Waals surface area contributed by atoms with Crippen LogP contribution in [-0.4, -0.2) is 39.3 Å². The highest BCUT2D eigenvalue weighted by molar-refractivity contribution is 7.89. The minimum atomic E-state index is -3.90. The van der Waals surface area contributed by atoms with E-state index in [-0.39, 0.29) is 29.2 Å². The van der Waals surface area contributed by atoms with Crippen molar-refractivity contribution < 1.29 is 23.1 Å². The zero-order valence-corrected chi connectivity index (χ0v) is 12.1. The van der Waals surface area contributed by atoms with Crippen molar-refractivity contribution >= 4 is 21.7 Å². The summed E-state index contributed by atoms with van der Waals surface area (Å²) in [5.74, 6) is -0.785. The lowest BCUT2D eigenvalue weighted by atomic mass is 10.2. The lowest BCUT2D eigenvalue weighted by Crippen LogP contribution is -2.34. The van der Waals surface area contributed by atoms with Crippen LogP contribution in [0.4, 0.5) is 5.69 Å². The van der Waals surface area contributed by atoms with Gasteiger partial charge in [0.05, 0.1) is 17.6 Å². The Morgan fingerprint density at radius 1 is 1.50 bits per heavy atom. The summed E-state index contributed by atoms with van der Waals surface area (Å²) in [4.78, 5) is 11.4. The summed E-state index contributed by atoms with van der Waals surface area (Å²) in [7, 11) is -2.75. The number of carbonyl (C=O) groups excluding carboxylic acids is 1. The van der Waals surface area contributed by atoms with Crippen LogP contribution >= 0.6 is 0 Å². The maximum Gasteiger partial charge on any atom is 0.339 e. The second-order valence-corrected chi connectivity index (χ2v) is 5.96. The first-order valence-corrected chi connectivity index (χ1v) is 7.41. The fraction of sp³-hybridized carbons (Fsp3) is 0.417. The van der Waals surface area contributed by atoms with E-state index < -0.39 is 22.0 Å². The van der Waals surface area contributed by atoms with E-state index in [9.17, 15) is 13.2 Å². The number of nitrogens with one attached hydrogen (secondary N) is 1. The van der Waals surface area contributed by atoms with Crippen LogP contribution in [0.1, 0.15) is 23.7 Å². The van der Waals surface area contributed by atoms with E-state index in [2.05, 4.69) is 9.46 Å². The van der Waals surface area contributed by atoms with Crippen molar-refractivity contribution in [3.8, 4) is 0 Å². The number of nitrogen functional groups attached to an aromatic ring is 1. The van der Waals surface area contributed by atoms with Gasteiger partial charge in [-0.1, -0.05) is 0 Å². The first kappa shape index (κ1) is 16.4. The van der Waals surface area contributed by atoms with Gasteiger partial charge in [0.1, 0.15) is 0 Å². The van der Waals surface area contributed by atoms with Gasteiger partial charge in [-0.25, -0.2) is 17.9 Å². The molecule has 0 saturated heterocycles. The molecule has 1 rings (SSSR count). The van der Waals surface area contributed by atoms with E-state index in [0.29, 0.717) is 0 Å². The van der Waals surface area contributed by atoms with E-state index in [1.807, 2.05) is 0 Å². The fourth-order valence-corrected chi connectivity index (χ4v) is 3.09. The average molecular weight is 302 g/mol. The molecular formula is C12H18N2O5S. The number of hydrogen-bond donors (Lipinski definition) is 3. The molecule has 112 valence electrons. The van der Waals surface area contributed by atoms with Gasteiger partial charge in [-0.05, 0) is 31.5 Å². The molecule has 20 heavy (non-hydrogen) atoms. The van der Waals surface area contributed by atoms with Gasteiger partial charge in [-0.3, -0.25) is 0 Å². The van der Waals surface area contributed by atoms with Gasteiger partial charge in [0, 0.05) is 18.3 Å². The van der Waals surface area contributed by atoms with Crippen LogP contribution in [-0.2, 0) is 14.8 Å². The minimum absolute atomic E-state index is 0.129. The van der Waals surface area contributed by atoms with Crippen LogP contribution < -0.4 is 10.5 Å². The second kappa shape index (κ2) is 6.69. The molecule has 0 aliphatic rings. The van der Waals surface area contributed by atoms with Gasteiger partial charge in [0.25, 0.3) is 0 Å². The highest BCUT2D eigenvalue weighted by atomic mass is 32.2. The molecule has 0 amide bonds. The van der Waals surface area contributed by atoms with Crippen LogP contribution in [0.5, 0.6) is 0 Å². The van der Waals surface area contributed by atoms with Gasteiger partial charge in [-0.15, -0.1) is 0 Å². The number of rotatable bonds is 6. The number of sulfonamides is 1. The maximum absolute atomic E-state index is 12.2. The Hall–Kier alpha value is -1.64.